The van der Waals surface area contributed by atoms with Crippen LogP contribution >= 0.6 is 0 Å². The molecule has 0 rings (SSSR count). The number of amides is 1. The molecule has 4 heteroatoms. The van der Waals surface area contributed by atoms with Crippen molar-refractivity contribution in [3.8, 4) is 0 Å². The summed E-state index contributed by atoms with van der Waals surface area (Å²) in [5, 5.41) is 10.6. The Labute approximate surface area is 65.6 Å². The smallest absolute Gasteiger partial charge is 0.326 e. The molecule has 0 spiro atoms. The fourth-order valence-corrected chi connectivity index (χ4v) is 0.764. The molecular weight excluding hydrogens is 146 g/mol. The topological polar surface area (TPSA) is 66.4 Å². The van der Waals surface area contributed by atoms with E-state index in [4.69, 9.17) is 5.11 Å². The van der Waals surface area contributed by atoms with Crippen molar-refractivity contribution in [3.63, 3.8) is 0 Å². The number of carbonyl (C=O) groups is 1. The highest BCUT2D eigenvalue weighted by Gasteiger charge is 2.17. The summed E-state index contributed by atoms with van der Waals surface area (Å²) >= 11 is 0. The van der Waals surface area contributed by atoms with Gasteiger partial charge in [-0.05, 0) is 12.3 Å². The lowest BCUT2D eigenvalue weighted by Crippen LogP contribution is -2.36. The van der Waals surface area contributed by atoms with Gasteiger partial charge in [-0.1, -0.05) is 13.8 Å². The zero-order valence-corrected chi connectivity index (χ0v) is 6.63. The van der Waals surface area contributed by atoms with Crippen molar-refractivity contribution >= 4 is 12.4 Å². The predicted molar refractivity (Wildman–Crippen MR) is 39.7 cm³/mol. The number of carboxylic acid groups (broad SMARTS) is 1. The Morgan fingerprint density at radius 3 is 2.45 bits per heavy atom. The number of carbonyl (C=O) groups excluding carboxylic acids is 1. The first kappa shape index (κ1) is 9.94. The van der Waals surface area contributed by atoms with Crippen molar-refractivity contribution < 1.29 is 14.7 Å². The standard InChI is InChI=1S/C7H12NO3/c1-5(2)3-6(7(10)11)8-4-9/h5-6H,3H2,1-2H3,(H,8,9)(H,10,11). The van der Waals surface area contributed by atoms with E-state index in [-0.39, 0.29) is 5.92 Å². The van der Waals surface area contributed by atoms with Crippen molar-refractivity contribution in [3.05, 3.63) is 0 Å². The molecule has 0 aliphatic carbocycles. The number of aliphatic carboxylic acids is 1. The minimum atomic E-state index is -1.01. The molecule has 0 saturated heterocycles. The van der Waals surface area contributed by atoms with Gasteiger partial charge in [0.25, 0.3) is 0 Å². The van der Waals surface area contributed by atoms with E-state index in [1.165, 1.54) is 6.41 Å². The summed E-state index contributed by atoms with van der Waals surface area (Å²) in [5.41, 5.74) is 0. The molecule has 1 atom stereocenters. The molecule has 0 aromatic carbocycles. The second-order valence-corrected chi connectivity index (χ2v) is 2.77. The third-order valence-corrected chi connectivity index (χ3v) is 1.24. The van der Waals surface area contributed by atoms with Crippen LogP contribution in [-0.4, -0.2) is 23.5 Å². The molecule has 0 aliphatic rings. The Bertz CT molecular complexity index is 145. The van der Waals surface area contributed by atoms with Crippen LogP contribution in [0.2, 0.25) is 0 Å². The Hall–Kier alpha value is -1.06. The van der Waals surface area contributed by atoms with Gasteiger partial charge in [0.2, 0.25) is 0 Å². The quantitative estimate of drug-likeness (QED) is 0.559. The van der Waals surface area contributed by atoms with Crippen LogP contribution in [-0.2, 0) is 9.59 Å². The van der Waals surface area contributed by atoms with Crippen molar-refractivity contribution in [2.24, 2.45) is 5.92 Å². The first-order valence-corrected chi connectivity index (χ1v) is 3.43. The maximum absolute atomic E-state index is 10.4. The summed E-state index contributed by atoms with van der Waals surface area (Å²) in [6.07, 6.45) is 1.81. The van der Waals surface area contributed by atoms with E-state index in [9.17, 15) is 9.59 Å². The second-order valence-electron chi connectivity index (χ2n) is 2.77. The van der Waals surface area contributed by atoms with E-state index in [0.29, 0.717) is 6.42 Å². The van der Waals surface area contributed by atoms with Crippen molar-refractivity contribution in [2.75, 3.05) is 0 Å². The van der Waals surface area contributed by atoms with E-state index < -0.39 is 12.0 Å². The largest absolute Gasteiger partial charge is 0.480 e. The molecule has 0 fully saturated rings. The SMILES string of the molecule is CC(C)CC(N[C]=O)C(=O)O. The van der Waals surface area contributed by atoms with Gasteiger partial charge < -0.3 is 10.4 Å². The molecule has 1 radical (unpaired) electrons. The Kier molecular flexibility index (Phi) is 4.26. The molecule has 0 aromatic heterocycles. The van der Waals surface area contributed by atoms with Gasteiger partial charge in [-0.2, -0.15) is 0 Å². The van der Waals surface area contributed by atoms with E-state index in [0.717, 1.165) is 0 Å². The normalized spacial score (nSPS) is 12.6. The highest BCUT2D eigenvalue weighted by atomic mass is 16.4. The van der Waals surface area contributed by atoms with Crippen LogP contribution < -0.4 is 5.32 Å². The van der Waals surface area contributed by atoms with E-state index in [1.54, 1.807) is 0 Å². The maximum Gasteiger partial charge on any atom is 0.326 e. The lowest BCUT2D eigenvalue weighted by Gasteiger charge is -2.11. The Balaban J connectivity index is 3.88. The molecule has 1 unspecified atom stereocenters. The molecule has 0 aliphatic heterocycles. The first-order chi connectivity index (χ1) is 5.07. The summed E-state index contributed by atoms with van der Waals surface area (Å²) < 4.78 is 0. The first-order valence-electron chi connectivity index (χ1n) is 3.43. The van der Waals surface area contributed by atoms with Crippen LogP contribution in [0.3, 0.4) is 0 Å². The van der Waals surface area contributed by atoms with Gasteiger partial charge in [0.05, 0.1) is 0 Å². The molecule has 0 aromatic rings. The zero-order valence-electron chi connectivity index (χ0n) is 6.63. The maximum atomic E-state index is 10.4. The van der Waals surface area contributed by atoms with Crippen molar-refractivity contribution in [1.29, 1.82) is 0 Å². The zero-order chi connectivity index (χ0) is 8.85. The minimum Gasteiger partial charge on any atom is -0.480 e. The Morgan fingerprint density at radius 1 is 1.64 bits per heavy atom. The minimum absolute atomic E-state index is 0.247. The van der Waals surface area contributed by atoms with Crippen LogP contribution in [0.25, 0.3) is 0 Å². The fourth-order valence-electron chi connectivity index (χ4n) is 0.764. The average Bonchev–Trinajstić information content (AvgIpc) is 1.86. The number of hydrogen-bond donors (Lipinski definition) is 2. The molecule has 63 valence electrons. The lowest BCUT2D eigenvalue weighted by atomic mass is 10.0. The van der Waals surface area contributed by atoms with Crippen LogP contribution in [0.1, 0.15) is 20.3 Å². The van der Waals surface area contributed by atoms with Gasteiger partial charge >= 0.3 is 12.4 Å². The number of hydrogen-bond acceptors (Lipinski definition) is 2. The summed E-state index contributed by atoms with van der Waals surface area (Å²) in [6.45, 7) is 3.78. The van der Waals surface area contributed by atoms with Crippen LogP contribution in [0.4, 0.5) is 0 Å². The van der Waals surface area contributed by atoms with Gasteiger partial charge in [0, 0.05) is 0 Å². The lowest BCUT2D eigenvalue weighted by molar-refractivity contribution is -0.139. The van der Waals surface area contributed by atoms with E-state index >= 15 is 0 Å². The molecule has 0 saturated carbocycles. The van der Waals surface area contributed by atoms with Crippen LogP contribution in [0.15, 0.2) is 0 Å². The highest BCUT2D eigenvalue weighted by Crippen LogP contribution is 2.03. The number of carboxylic acids is 1. The molecule has 0 bridgehead atoms. The van der Waals surface area contributed by atoms with Crippen molar-refractivity contribution in [2.45, 2.75) is 26.3 Å². The molecule has 4 nitrogen and oxygen atoms in total. The van der Waals surface area contributed by atoms with Crippen molar-refractivity contribution in [1.82, 2.24) is 5.32 Å². The third kappa shape index (κ3) is 4.36. The monoisotopic (exact) mass is 158 g/mol. The van der Waals surface area contributed by atoms with Gasteiger partial charge in [-0.25, -0.2) is 4.79 Å². The second kappa shape index (κ2) is 4.71. The number of rotatable bonds is 5. The third-order valence-electron chi connectivity index (χ3n) is 1.24. The van der Waals surface area contributed by atoms with Gasteiger partial charge in [-0.15, -0.1) is 0 Å². The van der Waals surface area contributed by atoms with Crippen LogP contribution in [0, 0.1) is 5.92 Å². The summed E-state index contributed by atoms with van der Waals surface area (Å²) in [5.74, 6) is -0.765. The molecule has 2 N–H and O–H groups in total. The summed E-state index contributed by atoms with van der Waals surface area (Å²) in [4.78, 5) is 20.2. The summed E-state index contributed by atoms with van der Waals surface area (Å²) in [7, 11) is 0. The molecular formula is C7H12NO3. The average molecular weight is 158 g/mol. The van der Waals surface area contributed by atoms with Gasteiger partial charge in [0.1, 0.15) is 6.04 Å². The van der Waals surface area contributed by atoms with E-state index in [1.807, 2.05) is 13.8 Å². The Morgan fingerprint density at radius 2 is 2.18 bits per heavy atom. The van der Waals surface area contributed by atoms with E-state index in [2.05, 4.69) is 5.32 Å². The molecule has 1 amide bonds. The van der Waals surface area contributed by atoms with Gasteiger partial charge in [0.15, 0.2) is 0 Å². The highest BCUT2D eigenvalue weighted by molar-refractivity contribution is 5.76. The molecule has 11 heavy (non-hydrogen) atoms. The molecule has 0 heterocycles. The predicted octanol–water partition coefficient (Wildman–Crippen LogP) is 0.143. The fraction of sp³-hybridized carbons (Fsp3) is 0.714. The number of nitrogens with one attached hydrogen (secondary N) is 1. The summed E-state index contributed by atoms with van der Waals surface area (Å²) in [6, 6.07) is -0.799. The van der Waals surface area contributed by atoms with Gasteiger partial charge in [-0.3, -0.25) is 4.79 Å². The van der Waals surface area contributed by atoms with Crippen LogP contribution in [0.5, 0.6) is 0 Å².